The van der Waals surface area contributed by atoms with Crippen LogP contribution in [0.1, 0.15) is 11.1 Å². The van der Waals surface area contributed by atoms with E-state index in [4.69, 9.17) is 4.42 Å². The van der Waals surface area contributed by atoms with Gasteiger partial charge >= 0.3 is 0 Å². The van der Waals surface area contributed by atoms with Gasteiger partial charge in [0, 0.05) is 22.6 Å². The zero-order chi connectivity index (χ0) is 28.3. The highest BCUT2D eigenvalue weighted by molar-refractivity contribution is 6.10. The SMILES string of the molecule is C1=CC2C(c3ccc4c(c3)oc3cc5ccccc5cc34)=c3ccccc3=C(c3ccccc3-c3ccccc3)C2C=C1. The molecule has 0 bridgehead atoms. The fourth-order valence-corrected chi connectivity index (χ4v) is 7.36. The summed E-state index contributed by atoms with van der Waals surface area (Å²) in [5.41, 5.74) is 9.65. The first kappa shape index (κ1) is 24.2. The van der Waals surface area contributed by atoms with E-state index in [2.05, 4.69) is 158 Å². The molecule has 1 nitrogen and oxygen atoms in total. The lowest BCUT2D eigenvalue weighted by Gasteiger charge is -2.34. The Morgan fingerprint density at radius 2 is 1.02 bits per heavy atom. The molecule has 0 radical (unpaired) electrons. The summed E-state index contributed by atoms with van der Waals surface area (Å²) in [6.07, 6.45) is 9.20. The van der Waals surface area contributed by atoms with E-state index in [1.807, 2.05) is 0 Å². The average molecular weight is 549 g/mol. The van der Waals surface area contributed by atoms with E-state index in [1.165, 1.54) is 60.0 Å². The summed E-state index contributed by atoms with van der Waals surface area (Å²) in [5, 5.41) is 7.36. The van der Waals surface area contributed by atoms with Gasteiger partial charge in [-0.2, -0.15) is 0 Å². The molecule has 1 heteroatoms. The maximum atomic E-state index is 6.52. The monoisotopic (exact) mass is 548 g/mol. The van der Waals surface area contributed by atoms with Gasteiger partial charge in [-0.15, -0.1) is 0 Å². The van der Waals surface area contributed by atoms with E-state index in [1.54, 1.807) is 0 Å². The fraction of sp³-hybridized carbons (Fsp3) is 0.0476. The van der Waals surface area contributed by atoms with E-state index in [9.17, 15) is 0 Å². The summed E-state index contributed by atoms with van der Waals surface area (Å²) in [6, 6.07) is 48.3. The predicted octanol–water partition coefficient (Wildman–Crippen LogP) is 9.18. The van der Waals surface area contributed by atoms with E-state index >= 15 is 0 Å². The highest BCUT2D eigenvalue weighted by Gasteiger charge is 2.32. The molecule has 0 fully saturated rings. The largest absolute Gasteiger partial charge is 0.456 e. The lowest BCUT2D eigenvalue weighted by atomic mass is 9.69. The third kappa shape index (κ3) is 3.78. The second-order valence-electron chi connectivity index (χ2n) is 11.6. The van der Waals surface area contributed by atoms with Crippen molar-refractivity contribution in [3.8, 4) is 11.1 Å². The molecule has 0 aliphatic heterocycles. The van der Waals surface area contributed by atoms with Crippen molar-refractivity contribution < 1.29 is 4.42 Å². The van der Waals surface area contributed by atoms with Crippen LogP contribution >= 0.6 is 0 Å². The van der Waals surface area contributed by atoms with Crippen LogP contribution in [-0.2, 0) is 0 Å². The van der Waals surface area contributed by atoms with Gasteiger partial charge in [0.25, 0.3) is 0 Å². The highest BCUT2D eigenvalue weighted by atomic mass is 16.3. The molecule has 2 unspecified atom stereocenters. The van der Waals surface area contributed by atoms with Crippen molar-refractivity contribution >= 4 is 43.9 Å². The number of fused-ring (bicyclic) bond motifs is 6. The zero-order valence-electron chi connectivity index (χ0n) is 23.6. The summed E-state index contributed by atoms with van der Waals surface area (Å²) in [4.78, 5) is 0. The van der Waals surface area contributed by atoms with Crippen LogP contribution in [0.5, 0.6) is 0 Å². The maximum Gasteiger partial charge on any atom is 0.136 e. The van der Waals surface area contributed by atoms with E-state index in [0.29, 0.717) is 0 Å². The van der Waals surface area contributed by atoms with Gasteiger partial charge in [-0.05, 0) is 78.9 Å². The first-order chi connectivity index (χ1) is 21.3. The van der Waals surface area contributed by atoms with Gasteiger partial charge in [-0.3, -0.25) is 0 Å². The average Bonchev–Trinajstić information content (AvgIpc) is 3.43. The van der Waals surface area contributed by atoms with Gasteiger partial charge in [-0.1, -0.05) is 133 Å². The third-order valence-corrected chi connectivity index (χ3v) is 9.26. The quantitative estimate of drug-likeness (QED) is 0.215. The number of hydrogen-bond donors (Lipinski definition) is 0. The topological polar surface area (TPSA) is 13.1 Å². The van der Waals surface area contributed by atoms with Gasteiger partial charge in [0.2, 0.25) is 0 Å². The third-order valence-electron chi connectivity index (χ3n) is 9.26. The molecule has 2 atom stereocenters. The number of benzene rings is 6. The molecule has 202 valence electrons. The Morgan fingerprint density at radius 1 is 0.419 bits per heavy atom. The molecule has 1 aromatic heterocycles. The minimum Gasteiger partial charge on any atom is -0.456 e. The Kier molecular flexibility index (Phi) is 5.39. The molecule has 43 heavy (non-hydrogen) atoms. The van der Waals surface area contributed by atoms with Gasteiger partial charge < -0.3 is 4.42 Å². The van der Waals surface area contributed by atoms with Crippen molar-refractivity contribution in [1.82, 2.24) is 0 Å². The Morgan fingerprint density at radius 3 is 1.81 bits per heavy atom. The minimum atomic E-state index is 0.211. The second kappa shape index (κ2) is 9.58. The number of furan rings is 1. The van der Waals surface area contributed by atoms with Gasteiger partial charge in [0.05, 0.1) is 0 Å². The summed E-state index contributed by atoms with van der Waals surface area (Å²) in [5.74, 6) is 0.430. The predicted molar refractivity (Wildman–Crippen MR) is 179 cm³/mol. The van der Waals surface area contributed by atoms with Gasteiger partial charge in [0.1, 0.15) is 11.2 Å². The van der Waals surface area contributed by atoms with Crippen LogP contribution in [0.15, 0.2) is 162 Å². The lowest BCUT2D eigenvalue weighted by molar-refractivity contribution is 0.667. The molecule has 9 rings (SSSR count). The molecule has 2 aliphatic carbocycles. The number of rotatable bonds is 3. The summed E-state index contributed by atoms with van der Waals surface area (Å²) in [7, 11) is 0. The molecule has 0 spiro atoms. The summed E-state index contributed by atoms with van der Waals surface area (Å²) in [6.45, 7) is 0. The highest BCUT2D eigenvalue weighted by Crippen LogP contribution is 2.43. The van der Waals surface area contributed by atoms with Crippen LogP contribution in [-0.4, -0.2) is 0 Å². The molecule has 0 amide bonds. The molecule has 0 saturated heterocycles. The molecule has 6 aromatic carbocycles. The lowest BCUT2D eigenvalue weighted by Crippen LogP contribution is -2.40. The van der Waals surface area contributed by atoms with Crippen molar-refractivity contribution in [2.75, 3.05) is 0 Å². The first-order valence-corrected chi connectivity index (χ1v) is 15.0. The molecule has 7 aromatic rings. The van der Waals surface area contributed by atoms with Crippen molar-refractivity contribution in [3.63, 3.8) is 0 Å². The smallest absolute Gasteiger partial charge is 0.136 e. The van der Waals surface area contributed by atoms with E-state index in [-0.39, 0.29) is 11.8 Å². The van der Waals surface area contributed by atoms with Crippen molar-refractivity contribution in [3.05, 3.63) is 179 Å². The van der Waals surface area contributed by atoms with Gasteiger partial charge in [-0.25, -0.2) is 0 Å². The number of hydrogen-bond acceptors (Lipinski definition) is 1. The van der Waals surface area contributed by atoms with Crippen LogP contribution in [0, 0.1) is 11.8 Å². The molecule has 1 heterocycles. The minimum absolute atomic E-state index is 0.211. The van der Waals surface area contributed by atoms with Crippen LogP contribution in [0.2, 0.25) is 0 Å². The molecular formula is C42H28O. The zero-order valence-corrected chi connectivity index (χ0v) is 23.6. The van der Waals surface area contributed by atoms with E-state index < -0.39 is 0 Å². The van der Waals surface area contributed by atoms with Gasteiger partial charge in [0.15, 0.2) is 0 Å². The van der Waals surface area contributed by atoms with E-state index in [0.717, 1.165) is 16.6 Å². The number of allylic oxidation sites excluding steroid dienone is 4. The van der Waals surface area contributed by atoms with Crippen LogP contribution in [0.25, 0.3) is 55.0 Å². The molecule has 2 aliphatic rings. The fourth-order valence-electron chi connectivity index (χ4n) is 7.36. The van der Waals surface area contributed by atoms with Crippen molar-refractivity contribution in [2.24, 2.45) is 11.8 Å². The summed E-state index contributed by atoms with van der Waals surface area (Å²) >= 11 is 0. The van der Waals surface area contributed by atoms with Crippen LogP contribution < -0.4 is 10.4 Å². The van der Waals surface area contributed by atoms with Crippen molar-refractivity contribution in [2.45, 2.75) is 0 Å². The Labute approximate surface area is 250 Å². The van der Waals surface area contributed by atoms with Crippen LogP contribution in [0.4, 0.5) is 0 Å². The Hall–Kier alpha value is -5.40. The second-order valence-corrected chi connectivity index (χ2v) is 11.6. The molecule has 0 N–H and O–H groups in total. The van der Waals surface area contributed by atoms with Crippen molar-refractivity contribution in [1.29, 1.82) is 0 Å². The standard InChI is InChI=1S/C42H28O/c1-2-12-27(13-3-1)31-16-6-7-17-33(31)42-36-20-10-8-18-34(36)41(35-19-9-11-21-37(35)42)30-22-23-32-38-24-28-14-4-5-15-29(28)25-40(38)43-39(32)26-30/h1-26,34,36H. The Balaban J connectivity index is 1.33. The molecule has 0 saturated carbocycles. The Bertz CT molecular complexity index is 2400. The normalized spacial score (nSPS) is 17.5. The molecular weight excluding hydrogens is 520 g/mol. The maximum absolute atomic E-state index is 6.52. The first-order valence-electron chi connectivity index (χ1n) is 15.0. The van der Waals surface area contributed by atoms with Crippen LogP contribution in [0.3, 0.4) is 0 Å². The summed E-state index contributed by atoms with van der Waals surface area (Å²) < 4.78 is 6.52.